The van der Waals surface area contributed by atoms with Crippen LogP contribution < -0.4 is 0 Å². The summed E-state index contributed by atoms with van der Waals surface area (Å²) >= 11 is 0. The van der Waals surface area contributed by atoms with Crippen LogP contribution >= 0.6 is 0 Å². The van der Waals surface area contributed by atoms with Crippen molar-refractivity contribution in [1.29, 1.82) is 0 Å². The lowest BCUT2D eigenvalue weighted by Gasteiger charge is -2.19. The first-order valence-electron chi connectivity index (χ1n) is 10.7. The molecule has 0 amide bonds. The third-order valence-corrected chi connectivity index (χ3v) is 5.76. The summed E-state index contributed by atoms with van der Waals surface area (Å²) in [6.45, 7) is 2.14. The molecule has 0 atom stereocenters. The summed E-state index contributed by atoms with van der Waals surface area (Å²) in [6, 6.07) is 45.7. The minimum atomic E-state index is 1.23. The van der Waals surface area contributed by atoms with Gasteiger partial charge in [0, 0.05) is 0 Å². The molecule has 0 aromatic heterocycles. The molecule has 0 saturated heterocycles. The van der Waals surface area contributed by atoms with E-state index in [9.17, 15) is 0 Å². The maximum Gasteiger partial charge on any atom is -0.00264 e. The number of rotatable bonds is 4. The number of aryl methyl sites for hydroxylation is 1. The second-order valence-corrected chi connectivity index (χ2v) is 7.91. The third-order valence-electron chi connectivity index (χ3n) is 5.76. The molecule has 0 aliphatic carbocycles. The second-order valence-electron chi connectivity index (χ2n) is 7.91. The number of benzene rings is 5. The van der Waals surface area contributed by atoms with Crippen LogP contribution in [0.3, 0.4) is 0 Å². The van der Waals surface area contributed by atoms with E-state index in [0.717, 1.165) is 0 Å². The molecule has 0 heterocycles. The second kappa shape index (κ2) is 8.45. The zero-order valence-corrected chi connectivity index (χ0v) is 17.6. The zero-order chi connectivity index (χ0) is 21.0. The van der Waals surface area contributed by atoms with Gasteiger partial charge in [0.15, 0.2) is 0 Å². The monoisotopic (exact) mass is 396 g/mol. The van der Waals surface area contributed by atoms with Gasteiger partial charge in [-0.15, -0.1) is 0 Å². The maximum atomic E-state index is 2.34. The van der Waals surface area contributed by atoms with Crippen LogP contribution in [-0.2, 0) is 0 Å². The van der Waals surface area contributed by atoms with Crippen LogP contribution in [0.2, 0.25) is 0 Å². The van der Waals surface area contributed by atoms with E-state index >= 15 is 0 Å². The highest BCUT2D eigenvalue weighted by Gasteiger charge is 2.16. The highest BCUT2D eigenvalue weighted by Crippen LogP contribution is 2.43. The molecular weight excluding hydrogens is 372 g/mol. The van der Waals surface area contributed by atoms with E-state index < -0.39 is 0 Å². The molecule has 0 nitrogen and oxygen atoms in total. The van der Waals surface area contributed by atoms with Crippen LogP contribution in [0, 0.1) is 6.92 Å². The van der Waals surface area contributed by atoms with Gasteiger partial charge in [-0.1, -0.05) is 121 Å². The van der Waals surface area contributed by atoms with Gasteiger partial charge in [-0.2, -0.15) is 0 Å². The summed E-state index contributed by atoms with van der Waals surface area (Å²) in [5.41, 5.74) is 11.2. The van der Waals surface area contributed by atoms with Crippen molar-refractivity contribution < 1.29 is 0 Å². The fourth-order valence-electron chi connectivity index (χ4n) is 4.16. The molecule has 148 valence electrons. The molecule has 0 bridgehead atoms. The van der Waals surface area contributed by atoms with Crippen molar-refractivity contribution in [2.75, 3.05) is 0 Å². The van der Waals surface area contributed by atoms with Crippen molar-refractivity contribution >= 4 is 0 Å². The van der Waals surface area contributed by atoms with E-state index in [4.69, 9.17) is 0 Å². The average Bonchev–Trinajstić information content (AvgIpc) is 2.85. The lowest BCUT2D eigenvalue weighted by Crippen LogP contribution is -1.93. The van der Waals surface area contributed by atoms with E-state index in [1.165, 1.54) is 50.1 Å². The maximum absolute atomic E-state index is 2.34. The zero-order valence-electron chi connectivity index (χ0n) is 17.6. The van der Waals surface area contributed by atoms with Gasteiger partial charge in [-0.25, -0.2) is 0 Å². The molecule has 0 fully saturated rings. The molecule has 0 unspecified atom stereocenters. The summed E-state index contributed by atoms with van der Waals surface area (Å²) in [7, 11) is 0. The molecule has 0 saturated carbocycles. The summed E-state index contributed by atoms with van der Waals surface area (Å²) in [5, 5.41) is 0. The Bertz CT molecular complexity index is 1220. The first-order valence-corrected chi connectivity index (χ1v) is 10.7. The van der Waals surface area contributed by atoms with Crippen LogP contribution in [0.5, 0.6) is 0 Å². The molecular formula is C31H24. The van der Waals surface area contributed by atoms with E-state index in [1.54, 1.807) is 0 Å². The Balaban J connectivity index is 1.87. The number of hydrogen-bond donors (Lipinski definition) is 0. The van der Waals surface area contributed by atoms with Crippen LogP contribution in [0.4, 0.5) is 0 Å². The van der Waals surface area contributed by atoms with Crippen molar-refractivity contribution in [2.45, 2.75) is 6.92 Å². The molecule has 0 aliphatic heterocycles. The van der Waals surface area contributed by atoms with Gasteiger partial charge in [-0.3, -0.25) is 0 Å². The molecule has 0 radical (unpaired) electrons. The first kappa shape index (κ1) is 19.1. The van der Waals surface area contributed by atoms with E-state index in [2.05, 4.69) is 134 Å². The van der Waals surface area contributed by atoms with Gasteiger partial charge >= 0.3 is 0 Å². The minimum Gasteiger partial charge on any atom is -0.0622 e. The topological polar surface area (TPSA) is 0 Å². The highest BCUT2D eigenvalue weighted by molar-refractivity contribution is 5.97. The van der Waals surface area contributed by atoms with Gasteiger partial charge in [0.2, 0.25) is 0 Å². The van der Waals surface area contributed by atoms with Crippen molar-refractivity contribution in [3.8, 4) is 44.5 Å². The fourth-order valence-corrected chi connectivity index (χ4v) is 4.16. The van der Waals surface area contributed by atoms with E-state index in [1.807, 2.05) is 0 Å². The Morgan fingerprint density at radius 3 is 1.23 bits per heavy atom. The Morgan fingerprint density at radius 1 is 0.355 bits per heavy atom. The Morgan fingerprint density at radius 2 is 0.774 bits per heavy atom. The lowest BCUT2D eigenvalue weighted by molar-refractivity contribution is 1.46. The van der Waals surface area contributed by atoms with Crippen molar-refractivity contribution in [3.05, 3.63) is 133 Å². The average molecular weight is 397 g/mol. The minimum absolute atomic E-state index is 1.23. The fraction of sp³-hybridized carbons (Fsp3) is 0.0323. The van der Waals surface area contributed by atoms with Crippen LogP contribution in [-0.4, -0.2) is 0 Å². The van der Waals surface area contributed by atoms with Gasteiger partial charge in [0.1, 0.15) is 0 Å². The van der Waals surface area contributed by atoms with Crippen molar-refractivity contribution in [2.24, 2.45) is 0 Å². The predicted molar refractivity (Wildman–Crippen MR) is 133 cm³/mol. The van der Waals surface area contributed by atoms with Gasteiger partial charge in [0.25, 0.3) is 0 Å². The molecule has 5 aromatic carbocycles. The molecule has 31 heavy (non-hydrogen) atoms. The van der Waals surface area contributed by atoms with Gasteiger partial charge in [-0.05, 0) is 63.6 Å². The normalized spacial score (nSPS) is 10.7. The lowest BCUT2D eigenvalue weighted by atomic mass is 9.84. The molecule has 0 spiro atoms. The molecule has 0 N–H and O–H groups in total. The molecule has 0 heteroatoms. The SMILES string of the molecule is Cc1ccc(-c2c(-c3ccccc3)cc(-c3ccccc3)cc2-c2ccccc2)cc1. The third kappa shape index (κ3) is 3.93. The summed E-state index contributed by atoms with van der Waals surface area (Å²) in [6.07, 6.45) is 0. The van der Waals surface area contributed by atoms with Crippen molar-refractivity contribution in [1.82, 2.24) is 0 Å². The van der Waals surface area contributed by atoms with E-state index in [0.29, 0.717) is 0 Å². The van der Waals surface area contributed by atoms with Crippen LogP contribution in [0.1, 0.15) is 5.56 Å². The largest absolute Gasteiger partial charge is 0.0622 e. The Labute approximate surface area is 184 Å². The summed E-state index contributed by atoms with van der Waals surface area (Å²) in [5.74, 6) is 0. The van der Waals surface area contributed by atoms with Crippen LogP contribution in [0.15, 0.2) is 127 Å². The first-order chi connectivity index (χ1) is 15.3. The predicted octanol–water partition coefficient (Wildman–Crippen LogP) is 8.66. The van der Waals surface area contributed by atoms with Gasteiger partial charge in [0.05, 0.1) is 0 Å². The Kier molecular flexibility index (Phi) is 5.21. The standard InChI is InChI=1S/C31H24/c1-23-17-19-27(20-18-23)31-29(25-13-7-3-8-14-25)21-28(24-11-5-2-6-12-24)22-30(31)26-15-9-4-10-16-26/h2-22H,1H3. The number of hydrogen-bond acceptors (Lipinski definition) is 0. The van der Waals surface area contributed by atoms with Crippen LogP contribution in [0.25, 0.3) is 44.5 Å². The molecule has 0 aliphatic rings. The Hall–Kier alpha value is -3.90. The summed E-state index contributed by atoms with van der Waals surface area (Å²) in [4.78, 5) is 0. The summed E-state index contributed by atoms with van der Waals surface area (Å²) < 4.78 is 0. The molecule has 5 aromatic rings. The van der Waals surface area contributed by atoms with Crippen molar-refractivity contribution in [3.63, 3.8) is 0 Å². The molecule has 5 rings (SSSR count). The van der Waals surface area contributed by atoms with Gasteiger partial charge < -0.3 is 0 Å². The highest BCUT2D eigenvalue weighted by atomic mass is 14.2. The quantitative estimate of drug-likeness (QED) is 0.285. The van der Waals surface area contributed by atoms with E-state index in [-0.39, 0.29) is 0 Å². The smallest absolute Gasteiger partial charge is 0.00264 e.